The van der Waals surface area contributed by atoms with Crippen molar-refractivity contribution in [3.8, 4) is 0 Å². The maximum atomic E-state index is 6.05. The molecule has 0 aliphatic rings. The lowest BCUT2D eigenvalue weighted by Crippen LogP contribution is -1.99. The van der Waals surface area contributed by atoms with Crippen molar-refractivity contribution < 1.29 is 0 Å². The molecule has 0 atom stereocenters. The molecule has 0 unspecified atom stereocenters. The minimum atomic E-state index is 0.615. The minimum absolute atomic E-state index is 0.615. The topological polar surface area (TPSA) is 64.1 Å². The van der Waals surface area contributed by atoms with Gasteiger partial charge in [-0.3, -0.25) is 0 Å². The highest BCUT2D eigenvalue weighted by molar-refractivity contribution is 6.31. The first kappa shape index (κ1) is 11.6. The fourth-order valence-electron chi connectivity index (χ4n) is 1.58. The van der Waals surface area contributed by atoms with Gasteiger partial charge in [0.15, 0.2) is 0 Å². The molecule has 0 fully saturated rings. The summed E-state index contributed by atoms with van der Waals surface area (Å²) in [4.78, 5) is 0. The molecule has 0 spiro atoms. The van der Waals surface area contributed by atoms with Gasteiger partial charge in [-0.25, -0.2) is 0 Å². The van der Waals surface area contributed by atoms with Crippen LogP contribution in [-0.4, -0.2) is 0 Å². The van der Waals surface area contributed by atoms with Crippen LogP contribution in [0.25, 0.3) is 0 Å². The highest BCUT2D eigenvalue weighted by Crippen LogP contribution is 2.29. The van der Waals surface area contributed by atoms with Crippen molar-refractivity contribution >= 4 is 34.4 Å². The standard InChI is InChI=1S/C13H14ClN3/c1-8-10(14)3-2-4-12(8)17-13-6-5-9(15)7-11(13)16/h2-7,17H,15-16H2,1H3. The summed E-state index contributed by atoms with van der Waals surface area (Å²) in [7, 11) is 0. The number of halogens is 1. The third-order valence-corrected chi connectivity index (χ3v) is 3.02. The van der Waals surface area contributed by atoms with E-state index in [-0.39, 0.29) is 0 Å². The average Bonchev–Trinajstić information content (AvgIpc) is 2.28. The van der Waals surface area contributed by atoms with Gasteiger partial charge in [-0.05, 0) is 42.8 Å². The fraction of sp³-hybridized carbons (Fsp3) is 0.0769. The van der Waals surface area contributed by atoms with Gasteiger partial charge in [0.05, 0.1) is 11.4 Å². The molecule has 4 heteroatoms. The Bertz CT molecular complexity index is 552. The van der Waals surface area contributed by atoms with Crippen molar-refractivity contribution in [2.75, 3.05) is 16.8 Å². The molecule has 2 aromatic carbocycles. The normalized spacial score (nSPS) is 10.2. The van der Waals surface area contributed by atoms with E-state index in [1.54, 1.807) is 12.1 Å². The zero-order valence-electron chi connectivity index (χ0n) is 9.50. The number of rotatable bonds is 2. The Morgan fingerprint density at radius 2 is 1.82 bits per heavy atom. The first-order valence-corrected chi connectivity index (χ1v) is 5.63. The molecule has 2 aromatic rings. The molecule has 3 nitrogen and oxygen atoms in total. The first-order chi connectivity index (χ1) is 8.08. The molecule has 0 aromatic heterocycles. The van der Waals surface area contributed by atoms with Crippen LogP contribution in [0.4, 0.5) is 22.7 Å². The van der Waals surface area contributed by atoms with Gasteiger partial charge in [0.25, 0.3) is 0 Å². The number of anilines is 4. The largest absolute Gasteiger partial charge is 0.399 e. The summed E-state index contributed by atoms with van der Waals surface area (Å²) in [6, 6.07) is 11.1. The number of nitrogen functional groups attached to an aromatic ring is 2. The molecule has 0 heterocycles. The van der Waals surface area contributed by atoms with E-state index in [4.69, 9.17) is 23.1 Å². The third-order valence-electron chi connectivity index (χ3n) is 2.61. The van der Waals surface area contributed by atoms with Crippen molar-refractivity contribution in [3.05, 3.63) is 47.0 Å². The zero-order valence-corrected chi connectivity index (χ0v) is 10.3. The predicted octanol–water partition coefficient (Wildman–Crippen LogP) is 3.56. The van der Waals surface area contributed by atoms with E-state index < -0.39 is 0 Å². The number of hydrogen-bond donors (Lipinski definition) is 3. The Hall–Kier alpha value is -1.87. The van der Waals surface area contributed by atoms with Crippen LogP contribution in [0.5, 0.6) is 0 Å². The van der Waals surface area contributed by atoms with Crippen LogP contribution < -0.4 is 16.8 Å². The van der Waals surface area contributed by atoms with Gasteiger partial charge >= 0.3 is 0 Å². The van der Waals surface area contributed by atoms with Crippen molar-refractivity contribution in [1.29, 1.82) is 0 Å². The molecule has 0 bridgehead atoms. The SMILES string of the molecule is Cc1c(Cl)cccc1Nc1ccc(N)cc1N. The van der Waals surface area contributed by atoms with Crippen LogP contribution in [0, 0.1) is 6.92 Å². The van der Waals surface area contributed by atoms with Crippen LogP contribution in [0.15, 0.2) is 36.4 Å². The predicted molar refractivity (Wildman–Crippen MR) is 74.7 cm³/mol. The first-order valence-electron chi connectivity index (χ1n) is 5.25. The van der Waals surface area contributed by atoms with Crippen LogP contribution in [0.1, 0.15) is 5.56 Å². The van der Waals surface area contributed by atoms with Crippen molar-refractivity contribution in [2.24, 2.45) is 0 Å². The van der Waals surface area contributed by atoms with Crippen LogP contribution in [-0.2, 0) is 0 Å². The monoisotopic (exact) mass is 247 g/mol. The van der Waals surface area contributed by atoms with E-state index in [1.165, 1.54) is 0 Å². The van der Waals surface area contributed by atoms with Gasteiger partial charge < -0.3 is 16.8 Å². The summed E-state index contributed by atoms with van der Waals surface area (Å²) in [5, 5.41) is 3.97. The molecule has 88 valence electrons. The maximum absolute atomic E-state index is 6.05. The second kappa shape index (κ2) is 4.55. The molecule has 5 N–H and O–H groups in total. The zero-order chi connectivity index (χ0) is 12.4. The molecule has 17 heavy (non-hydrogen) atoms. The van der Waals surface area contributed by atoms with E-state index in [1.807, 2.05) is 31.2 Å². The quantitative estimate of drug-likeness (QED) is 0.711. The number of nitrogens with two attached hydrogens (primary N) is 2. The van der Waals surface area contributed by atoms with Gasteiger partial charge in [0.2, 0.25) is 0 Å². The Morgan fingerprint density at radius 1 is 1.06 bits per heavy atom. The molecule has 0 amide bonds. The highest BCUT2D eigenvalue weighted by Gasteiger charge is 2.04. The highest BCUT2D eigenvalue weighted by atomic mass is 35.5. The summed E-state index contributed by atoms with van der Waals surface area (Å²) >= 11 is 6.05. The second-order valence-corrected chi connectivity index (χ2v) is 4.29. The van der Waals surface area contributed by atoms with Crippen molar-refractivity contribution in [1.82, 2.24) is 0 Å². The maximum Gasteiger partial charge on any atom is 0.0619 e. The summed E-state index contributed by atoms with van der Waals surface area (Å²) in [6.45, 7) is 1.96. The molecule has 0 aliphatic heterocycles. The van der Waals surface area contributed by atoms with E-state index in [0.717, 1.165) is 22.0 Å². The van der Waals surface area contributed by atoms with E-state index in [9.17, 15) is 0 Å². The molecular formula is C13H14ClN3. The smallest absolute Gasteiger partial charge is 0.0619 e. The minimum Gasteiger partial charge on any atom is -0.399 e. The molecule has 0 aliphatic carbocycles. The summed E-state index contributed by atoms with van der Waals surface area (Å²) < 4.78 is 0. The average molecular weight is 248 g/mol. The Balaban J connectivity index is 2.35. The summed E-state index contributed by atoms with van der Waals surface area (Å²) in [6.07, 6.45) is 0. The van der Waals surface area contributed by atoms with E-state index >= 15 is 0 Å². The summed E-state index contributed by atoms with van der Waals surface area (Å²) in [5.74, 6) is 0. The molecular weight excluding hydrogens is 234 g/mol. The van der Waals surface area contributed by atoms with Gasteiger partial charge in [-0.2, -0.15) is 0 Å². The van der Waals surface area contributed by atoms with Crippen LogP contribution in [0.3, 0.4) is 0 Å². The Kier molecular flexibility index (Phi) is 3.11. The van der Waals surface area contributed by atoms with Crippen molar-refractivity contribution in [3.63, 3.8) is 0 Å². The molecule has 0 radical (unpaired) electrons. The molecule has 0 saturated carbocycles. The van der Waals surface area contributed by atoms with Crippen LogP contribution >= 0.6 is 11.6 Å². The van der Waals surface area contributed by atoms with E-state index in [0.29, 0.717) is 11.4 Å². The van der Waals surface area contributed by atoms with E-state index in [2.05, 4.69) is 5.32 Å². The van der Waals surface area contributed by atoms with Gasteiger partial charge in [-0.1, -0.05) is 17.7 Å². The lowest BCUT2D eigenvalue weighted by Gasteiger charge is -2.12. The van der Waals surface area contributed by atoms with Gasteiger partial charge in [0, 0.05) is 16.4 Å². The van der Waals surface area contributed by atoms with Gasteiger partial charge in [-0.15, -0.1) is 0 Å². The summed E-state index contributed by atoms with van der Waals surface area (Å²) in [5.41, 5.74) is 15.5. The Morgan fingerprint density at radius 3 is 2.53 bits per heavy atom. The molecule has 2 rings (SSSR count). The number of hydrogen-bond acceptors (Lipinski definition) is 3. The number of nitrogens with one attached hydrogen (secondary N) is 1. The second-order valence-electron chi connectivity index (χ2n) is 3.88. The fourth-order valence-corrected chi connectivity index (χ4v) is 1.76. The van der Waals surface area contributed by atoms with Crippen LogP contribution in [0.2, 0.25) is 5.02 Å². The number of benzene rings is 2. The van der Waals surface area contributed by atoms with Crippen molar-refractivity contribution in [2.45, 2.75) is 6.92 Å². The lowest BCUT2D eigenvalue weighted by molar-refractivity contribution is 1.43. The Labute approximate surface area is 105 Å². The lowest BCUT2D eigenvalue weighted by atomic mass is 10.1. The molecule has 0 saturated heterocycles. The van der Waals surface area contributed by atoms with Gasteiger partial charge in [0.1, 0.15) is 0 Å². The third kappa shape index (κ3) is 2.45.